The Hall–Kier alpha value is -2.24. The number of allylic oxidation sites excluding steroid dienone is 1. The van der Waals surface area contributed by atoms with E-state index in [1.54, 1.807) is 11.1 Å². The number of aliphatic hydroxyl groups is 3. The molecular formula is C16H21N5O5. The fourth-order valence-electron chi connectivity index (χ4n) is 3.66. The van der Waals surface area contributed by atoms with Gasteiger partial charge in [-0.2, -0.15) is 0 Å². The number of nitrogens with zero attached hydrogens (tertiary/aromatic N) is 3. The standard InChI is InChI=1S/C16H21N5O5/c1-16(24)12(23)10(6-22)26-15(16)21-5-8-9(20-25-2)3-4-17-13-11(8)14(21)19-7-18-13/h3-4,7,10,12,15,20,22-24H,5-6H2,1-2H3,(H,17,18,19)/t10-,12-,15-,16-/m1/s1. The van der Waals surface area contributed by atoms with E-state index in [0.29, 0.717) is 23.9 Å². The summed E-state index contributed by atoms with van der Waals surface area (Å²) in [6.07, 6.45) is 1.98. The number of hydroxylamine groups is 1. The fourth-order valence-corrected chi connectivity index (χ4v) is 3.66. The zero-order valence-corrected chi connectivity index (χ0v) is 14.4. The van der Waals surface area contributed by atoms with Crippen molar-refractivity contribution in [2.24, 2.45) is 0 Å². The summed E-state index contributed by atoms with van der Waals surface area (Å²) in [4.78, 5) is 15.5. The van der Waals surface area contributed by atoms with E-state index < -0.39 is 30.6 Å². The zero-order chi connectivity index (χ0) is 18.5. The second kappa shape index (κ2) is 6.18. The molecule has 5 N–H and O–H groups in total. The van der Waals surface area contributed by atoms with Gasteiger partial charge in [-0.1, -0.05) is 0 Å². The van der Waals surface area contributed by atoms with Gasteiger partial charge in [-0.15, -0.1) is 0 Å². The number of anilines is 2. The van der Waals surface area contributed by atoms with E-state index >= 15 is 0 Å². The summed E-state index contributed by atoms with van der Waals surface area (Å²) in [6.45, 7) is 1.44. The largest absolute Gasteiger partial charge is 0.394 e. The van der Waals surface area contributed by atoms with Crippen molar-refractivity contribution in [3.05, 3.63) is 29.9 Å². The lowest BCUT2D eigenvalue weighted by Crippen LogP contribution is -2.53. The lowest BCUT2D eigenvalue weighted by molar-refractivity contribution is -0.0627. The molecule has 0 unspecified atom stereocenters. The molecule has 3 aliphatic rings. The number of hydrogen-bond acceptors (Lipinski definition) is 10. The molecule has 0 amide bonds. The molecule has 0 saturated carbocycles. The van der Waals surface area contributed by atoms with Crippen molar-refractivity contribution in [3.8, 4) is 0 Å². The Morgan fingerprint density at radius 2 is 2.31 bits per heavy atom. The van der Waals surface area contributed by atoms with Crippen LogP contribution in [0.3, 0.4) is 0 Å². The molecular weight excluding hydrogens is 342 g/mol. The van der Waals surface area contributed by atoms with Crippen LogP contribution in [0.2, 0.25) is 0 Å². The highest BCUT2D eigenvalue weighted by Gasteiger charge is 2.56. The van der Waals surface area contributed by atoms with Crippen LogP contribution in [-0.2, 0) is 9.57 Å². The van der Waals surface area contributed by atoms with Crippen LogP contribution in [0.15, 0.2) is 24.3 Å². The van der Waals surface area contributed by atoms with Gasteiger partial charge in [0.05, 0.1) is 31.5 Å². The number of nitrogens with one attached hydrogen (secondary N) is 2. The Morgan fingerprint density at radius 1 is 1.50 bits per heavy atom. The second-order valence-electron chi connectivity index (χ2n) is 6.60. The van der Waals surface area contributed by atoms with Crippen LogP contribution in [0.5, 0.6) is 0 Å². The monoisotopic (exact) mass is 363 g/mol. The third kappa shape index (κ3) is 2.38. The van der Waals surface area contributed by atoms with Crippen LogP contribution in [0, 0.1) is 0 Å². The van der Waals surface area contributed by atoms with E-state index in [1.807, 2.05) is 6.08 Å². The molecule has 4 rings (SSSR count). The summed E-state index contributed by atoms with van der Waals surface area (Å²) in [7, 11) is 1.52. The topological polar surface area (TPSA) is 132 Å². The molecule has 0 aromatic carbocycles. The highest BCUT2D eigenvalue weighted by Crippen LogP contribution is 2.45. The molecule has 1 aromatic rings. The predicted molar refractivity (Wildman–Crippen MR) is 91.6 cm³/mol. The molecule has 3 aliphatic heterocycles. The van der Waals surface area contributed by atoms with Crippen molar-refractivity contribution in [2.75, 3.05) is 30.5 Å². The van der Waals surface area contributed by atoms with E-state index in [1.165, 1.54) is 20.4 Å². The fraction of sp³-hybridized carbons (Fsp3) is 0.500. The van der Waals surface area contributed by atoms with Crippen LogP contribution in [0.1, 0.15) is 12.5 Å². The Balaban J connectivity index is 1.80. The van der Waals surface area contributed by atoms with Crippen LogP contribution < -0.4 is 15.7 Å². The van der Waals surface area contributed by atoms with Gasteiger partial charge in [0.15, 0.2) is 6.23 Å². The van der Waals surface area contributed by atoms with Gasteiger partial charge in [0.25, 0.3) is 0 Å². The Bertz CT molecular complexity index is 780. The maximum absolute atomic E-state index is 10.8. The summed E-state index contributed by atoms with van der Waals surface area (Å²) in [5, 5.41) is 33.7. The molecule has 0 radical (unpaired) electrons. The van der Waals surface area contributed by atoms with Crippen LogP contribution in [-0.4, -0.2) is 69.6 Å². The normalized spacial score (nSPS) is 32.5. The van der Waals surface area contributed by atoms with Gasteiger partial charge in [0.2, 0.25) is 0 Å². The van der Waals surface area contributed by atoms with Crippen LogP contribution >= 0.6 is 0 Å². The van der Waals surface area contributed by atoms with E-state index in [-0.39, 0.29) is 0 Å². The van der Waals surface area contributed by atoms with Gasteiger partial charge in [0, 0.05) is 11.8 Å². The quantitative estimate of drug-likeness (QED) is 0.421. The first-order valence-corrected chi connectivity index (χ1v) is 8.23. The number of hydrogen-bond donors (Lipinski definition) is 5. The summed E-state index contributed by atoms with van der Waals surface area (Å²) < 4.78 is 5.76. The predicted octanol–water partition coefficient (Wildman–Crippen LogP) is -1.07. The van der Waals surface area contributed by atoms with Gasteiger partial charge in [0.1, 0.15) is 35.8 Å². The van der Waals surface area contributed by atoms with Crippen molar-refractivity contribution < 1.29 is 24.9 Å². The first-order chi connectivity index (χ1) is 12.5. The van der Waals surface area contributed by atoms with Gasteiger partial charge in [-0.05, 0) is 13.0 Å². The third-order valence-electron chi connectivity index (χ3n) is 4.95. The molecule has 10 heteroatoms. The highest BCUT2D eigenvalue weighted by atomic mass is 16.6. The SMILES string of the molecule is CONC1=C2CN([C@@H]3O[C@H](CO)[C@@H](O)[C@@]3(C)O)c3ncnc(c32)NC=C1. The van der Waals surface area contributed by atoms with E-state index in [0.717, 1.165) is 11.1 Å². The van der Waals surface area contributed by atoms with Crippen LogP contribution in [0.25, 0.3) is 5.57 Å². The number of aliphatic hydroxyl groups excluding tert-OH is 2. The molecule has 1 aromatic heterocycles. The lowest BCUT2D eigenvalue weighted by Gasteiger charge is -2.34. The molecule has 1 fully saturated rings. The molecule has 1 saturated heterocycles. The van der Waals surface area contributed by atoms with Gasteiger partial charge >= 0.3 is 0 Å². The number of ether oxygens (including phenoxy) is 1. The van der Waals surface area contributed by atoms with E-state index in [9.17, 15) is 15.3 Å². The van der Waals surface area contributed by atoms with Gasteiger partial charge in [-0.25, -0.2) is 9.97 Å². The van der Waals surface area contributed by atoms with Crippen LogP contribution in [0.4, 0.5) is 11.6 Å². The Kier molecular flexibility index (Phi) is 4.09. The summed E-state index contributed by atoms with van der Waals surface area (Å²) >= 11 is 0. The second-order valence-corrected chi connectivity index (χ2v) is 6.60. The Morgan fingerprint density at radius 3 is 3.00 bits per heavy atom. The van der Waals surface area contributed by atoms with Crippen molar-refractivity contribution in [1.82, 2.24) is 15.4 Å². The van der Waals surface area contributed by atoms with Crippen molar-refractivity contribution in [2.45, 2.75) is 31.0 Å². The minimum Gasteiger partial charge on any atom is -0.394 e. The molecule has 0 spiro atoms. The smallest absolute Gasteiger partial charge is 0.163 e. The van der Waals surface area contributed by atoms with Crippen molar-refractivity contribution >= 4 is 17.2 Å². The third-order valence-corrected chi connectivity index (χ3v) is 4.95. The van der Waals surface area contributed by atoms with E-state index in [2.05, 4.69) is 20.8 Å². The molecule has 4 heterocycles. The average molecular weight is 363 g/mol. The zero-order valence-electron chi connectivity index (χ0n) is 14.4. The molecule has 0 aliphatic carbocycles. The van der Waals surface area contributed by atoms with E-state index in [4.69, 9.17) is 9.57 Å². The minimum atomic E-state index is -1.59. The first-order valence-electron chi connectivity index (χ1n) is 8.23. The minimum absolute atomic E-state index is 0.352. The molecule has 10 nitrogen and oxygen atoms in total. The van der Waals surface area contributed by atoms with Gasteiger partial charge in [-0.3, -0.25) is 10.3 Å². The maximum atomic E-state index is 10.8. The lowest BCUT2D eigenvalue weighted by atomic mass is 9.96. The number of rotatable bonds is 4. The molecule has 0 bridgehead atoms. The summed E-state index contributed by atoms with van der Waals surface area (Å²) in [5.74, 6) is 1.18. The first kappa shape index (κ1) is 17.2. The molecule has 26 heavy (non-hydrogen) atoms. The van der Waals surface area contributed by atoms with Gasteiger partial charge < -0.3 is 30.3 Å². The number of aromatic nitrogens is 2. The van der Waals surface area contributed by atoms with Crippen molar-refractivity contribution in [3.63, 3.8) is 0 Å². The average Bonchev–Trinajstić information content (AvgIpc) is 3.03. The molecule has 140 valence electrons. The molecule has 4 atom stereocenters. The van der Waals surface area contributed by atoms with Crippen molar-refractivity contribution in [1.29, 1.82) is 0 Å². The maximum Gasteiger partial charge on any atom is 0.163 e. The Labute approximate surface area is 149 Å². The summed E-state index contributed by atoms with van der Waals surface area (Å²) in [6, 6.07) is 0. The highest BCUT2D eigenvalue weighted by molar-refractivity contribution is 5.92. The summed E-state index contributed by atoms with van der Waals surface area (Å²) in [5.41, 5.74) is 3.59.